The molecule has 1 rings (SSSR count). The summed E-state index contributed by atoms with van der Waals surface area (Å²) in [5.74, 6) is 0. The van der Waals surface area contributed by atoms with Gasteiger partial charge in [0.05, 0.1) is 0 Å². The van der Waals surface area contributed by atoms with E-state index in [0.717, 1.165) is 4.34 Å². The van der Waals surface area contributed by atoms with Crippen LogP contribution in [-0.2, 0) is 0 Å². The van der Waals surface area contributed by atoms with Crippen LogP contribution in [0.1, 0.15) is 0 Å². The molecule has 11 heteroatoms. The van der Waals surface area contributed by atoms with Crippen molar-refractivity contribution in [1.82, 2.24) is 0 Å². The van der Waals surface area contributed by atoms with Crippen molar-refractivity contribution in [2.24, 2.45) is 9.77 Å². The molecule has 7 nitrogen and oxygen atoms in total. The number of pyridine rings is 1. The van der Waals surface area contributed by atoms with E-state index in [1.165, 1.54) is 24.5 Å². The quantitative estimate of drug-likeness (QED) is 0.333. The van der Waals surface area contributed by atoms with Gasteiger partial charge in [0.1, 0.15) is 0 Å². The molecule has 0 spiro atoms. The topological polar surface area (TPSA) is 101 Å². The van der Waals surface area contributed by atoms with E-state index in [-0.39, 0.29) is 0 Å². The maximum atomic E-state index is 8.46. The van der Waals surface area contributed by atoms with Crippen molar-refractivity contribution < 1.29 is 4.34 Å². The van der Waals surface area contributed by atoms with Gasteiger partial charge >= 0.3 is 104 Å². The Morgan fingerprint density at radius 3 is 1.75 bits per heavy atom. The molecule has 1 aromatic rings. The Morgan fingerprint density at radius 2 is 1.38 bits per heavy atom. The van der Waals surface area contributed by atoms with Gasteiger partial charge in [-0.2, -0.15) is 0 Å². The third-order valence-electron chi connectivity index (χ3n) is 1.61. The van der Waals surface area contributed by atoms with E-state index in [1.807, 2.05) is 0 Å². The number of nitrogens with zero attached hydrogens (tertiary/aromatic N) is 7. The summed E-state index contributed by atoms with van der Waals surface area (Å²) >= 11 is 17.9. The van der Waals surface area contributed by atoms with Gasteiger partial charge in [0.25, 0.3) is 0 Å². The molecule has 0 saturated carbocycles. The van der Waals surface area contributed by atoms with E-state index in [0.29, 0.717) is 0 Å². The zero-order chi connectivity index (χ0) is 12.3. The third-order valence-corrected chi connectivity index (χ3v) is 6.49. The van der Waals surface area contributed by atoms with Gasteiger partial charge in [0.2, 0.25) is 0 Å². The molecule has 0 N–H and O–H groups in total. The van der Waals surface area contributed by atoms with Crippen LogP contribution in [0.3, 0.4) is 0 Å². The molecule has 0 saturated heterocycles. The predicted octanol–water partition coefficient (Wildman–Crippen LogP) is 4.74. The van der Waals surface area contributed by atoms with Crippen molar-refractivity contribution in [3.63, 3.8) is 0 Å². The van der Waals surface area contributed by atoms with Crippen LogP contribution in [0.15, 0.2) is 40.4 Å². The Morgan fingerprint density at radius 1 is 0.938 bits per heavy atom. The van der Waals surface area contributed by atoms with Gasteiger partial charge in [0.15, 0.2) is 0 Å². The van der Waals surface area contributed by atoms with E-state index in [2.05, 4.69) is 19.6 Å². The Labute approximate surface area is 104 Å². The van der Waals surface area contributed by atoms with Gasteiger partial charge in [-0.15, -0.1) is 0 Å². The van der Waals surface area contributed by atoms with Crippen LogP contribution in [0.4, 0.5) is 0 Å². The van der Waals surface area contributed by atoms with Gasteiger partial charge in [-0.3, -0.25) is 0 Å². The second-order valence-electron chi connectivity index (χ2n) is 2.75. The zero-order valence-electron chi connectivity index (χ0n) is 7.60. The normalized spacial score (nSPS) is 14.9. The molecule has 86 valence electrons. The number of hydrogen-bond donors (Lipinski definition) is 0. The fourth-order valence-corrected chi connectivity index (χ4v) is 3.62. The molecule has 0 unspecified atom stereocenters. The van der Waals surface area contributed by atoms with E-state index in [1.54, 1.807) is 6.07 Å². The maximum absolute atomic E-state index is 8.46. The first-order valence-corrected chi connectivity index (χ1v) is 9.01. The predicted molar refractivity (Wildman–Crippen MR) is 64.8 cm³/mol. The van der Waals surface area contributed by atoms with Crippen LogP contribution in [0.5, 0.6) is 0 Å². The van der Waals surface area contributed by atoms with Crippen molar-refractivity contribution in [2.45, 2.75) is 0 Å². The molecule has 0 amide bonds. The van der Waals surface area contributed by atoms with Gasteiger partial charge in [-0.05, 0) is 0 Å². The molecular formula is C5H5Cl3N7P. The molecule has 0 bridgehead atoms. The molecule has 1 aromatic heterocycles. The van der Waals surface area contributed by atoms with Crippen molar-refractivity contribution in [3.8, 4) is 0 Å². The van der Waals surface area contributed by atoms with Crippen molar-refractivity contribution in [1.29, 1.82) is 0 Å². The Kier molecular flexibility index (Phi) is 2.90. The first-order valence-electron chi connectivity index (χ1n) is 3.76. The number of hydrogen-bond acceptors (Lipinski definition) is 2. The summed E-state index contributed by atoms with van der Waals surface area (Å²) in [5, 5.41) is 0. The molecule has 0 fully saturated rings. The Balaban J connectivity index is 3.76. The molecular weight excluding hydrogens is 295 g/mol. The molecule has 0 radical (unpaired) electrons. The van der Waals surface area contributed by atoms with Crippen LogP contribution in [0.25, 0.3) is 20.9 Å². The molecule has 1 heterocycles. The SMILES string of the molecule is [N-]=[N+]=N[P-](Cl)(Cl)(Cl)(N=[N+]=[N-])[n+]1ccccc1. The molecule has 0 aromatic carbocycles. The standard InChI is InChI=1S/C5H5Cl3N7P/c6-16(7,8,13-11-9,14-12-10)15-4-2-1-3-5-15/h1-5H. The average Bonchev–Trinajstić information content (AvgIpc) is 2.19. The minimum absolute atomic E-state index is 0.995. The van der Waals surface area contributed by atoms with Crippen LogP contribution < -0.4 is 4.34 Å². The summed E-state index contributed by atoms with van der Waals surface area (Å²) in [4.78, 5) is 11.2. The second-order valence-corrected chi connectivity index (χ2v) is 14.5. The molecule has 0 aliphatic carbocycles. The zero-order valence-corrected chi connectivity index (χ0v) is 10.8. The van der Waals surface area contributed by atoms with Gasteiger partial charge < -0.3 is 0 Å². The summed E-state index contributed by atoms with van der Waals surface area (Å²) in [6.07, 6.45) is 2.68. The first kappa shape index (κ1) is 13.1. The van der Waals surface area contributed by atoms with E-state index in [4.69, 9.17) is 44.8 Å². The van der Waals surface area contributed by atoms with Crippen LogP contribution in [0.2, 0.25) is 0 Å². The summed E-state index contributed by atoms with van der Waals surface area (Å²) in [6.45, 7) is 0. The monoisotopic (exact) mass is 299 g/mol. The number of azide groups is 1. The van der Waals surface area contributed by atoms with Gasteiger partial charge in [0, 0.05) is 0 Å². The third kappa shape index (κ3) is 2.25. The van der Waals surface area contributed by atoms with E-state index in [9.17, 15) is 0 Å². The Bertz CT molecular complexity index is 497. The molecule has 16 heavy (non-hydrogen) atoms. The van der Waals surface area contributed by atoms with E-state index < -0.39 is 4.45 Å². The molecule has 0 aliphatic rings. The molecule has 0 atom stereocenters. The van der Waals surface area contributed by atoms with Gasteiger partial charge in [-0.1, -0.05) is 0 Å². The summed E-state index contributed by atoms with van der Waals surface area (Å²) in [5.41, 5.74) is 16.9. The second kappa shape index (κ2) is 3.54. The van der Waals surface area contributed by atoms with Crippen molar-refractivity contribution in [2.75, 3.05) is 0 Å². The molecule has 0 aliphatic heterocycles. The van der Waals surface area contributed by atoms with Crippen LogP contribution in [0, 0.1) is 0 Å². The summed E-state index contributed by atoms with van der Waals surface area (Å²) in [6, 6.07) is 4.74. The number of aromatic nitrogens is 1. The van der Waals surface area contributed by atoms with Crippen molar-refractivity contribution >= 4 is 38.2 Å². The minimum atomic E-state index is -5.54. The summed E-state index contributed by atoms with van der Waals surface area (Å²) < 4.78 is -4.54. The Hall–Kier alpha value is -0.930. The fraction of sp³-hybridized carbons (Fsp3) is 0. The van der Waals surface area contributed by atoms with Gasteiger partial charge in [-0.25, -0.2) is 0 Å². The number of rotatable bonds is 3. The van der Waals surface area contributed by atoms with Crippen LogP contribution >= 0.6 is 38.2 Å². The fourth-order valence-electron chi connectivity index (χ4n) is 0.933. The summed E-state index contributed by atoms with van der Waals surface area (Å²) in [7, 11) is 0. The van der Waals surface area contributed by atoms with Crippen molar-refractivity contribution in [3.05, 3.63) is 51.5 Å². The van der Waals surface area contributed by atoms with E-state index >= 15 is 0 Å². The number of halogens is 3. The van der Waals surface area contributed by atoms with Crippen LogP contribution in [-0.4, -0.2) is 0 Å². The first-order chi connectivity index (χ1) is 7.27. The average molecular weight is 300 g/mol.